The molecule has 0 aromatic carbocycles. The van der Waals surface area contributed by atoms with Crippen molar-refractivity contribution in [1.29, 1.82) is 0 Å². The first kappa shape index (κ1) is 16.9. The van der Waals surface area contributed by atoms with Gasteiger partial charge in [0.15, 0.2) is 5.82 Å². The van der Waals surface area contributed by atoms with Crippen molar-refractivity contribution in [2.45, 2.75) is 12.8 Å². The fourth-order valence-corrected chi connectivity index (χ4v) is 4.18. The summed E-state index contributed by atoms with van der Waals surface area (Å²) in [7, 11) is -2.41. The van der Waals surface area contributed by atoms with Crippen LogP contribution in [0.5, 0.6) is 0 Å². The lowest BCUT2D eigenvalue weighted by molar-refractivity contribution is 0.0964. The lowest BCUT2D eigenvalue weighted by Gasteiger charge is -2.32. The summed E-state index contributed by atoms with van der Waals surface area (Å²) in [5, 5.41) is 2.58. The molecular weight excluding hydrogens is 333 g/mol. The molecule has 24 heavy (non-hydrogen) atoms. The second-order valence-corrected chi connectivity index (χ2v) is 7.67. The Hall–Kier alpha value is -1.96. The maximum absolute atomic E-state index is 11.9. The van der Waals surface area contributed by atoms with Crippen molar-refractivity contribution in [3.8, 4) is 0 Å². The number of rotatable bonds is 4. The van der Waals surface area contributed by atoms with E-state index in [1.165, 1.54) is 6.33 Å². The number of carbonyl (C=O) groups excluding carboxylic acids is 1. The van der Waals surface area contributed by atoms with Crippen LogP contribution in [-0.2, 0) is 4.57 Å². The van der Waals surface area contributed by atoms with Crippen LogP contribution in [-0.4, -0.2) is 56.9 Å². The van der Waals surface area contributed by atoms with Gasteiger partial charge in [-0.2, -0.15) is 0 Å². The SMILES string of the molecule is CNC(=O)c1c[nH]c2c(N3CCC(CP(=O)(O)O)CC3)ncnc12. The highest BCUT2D eigenvalue weighted by molar-refractivity contribution is 7.51. The van der Waals surface area contributed by atoms with Crippen LogP contribution in [0.3, 0.4) is 0 Å². The van der Waals surface area contributed by atoms with E-state index in [-0.39, 0.29) is 18.0 Å². The van der Waals surface area contributed by atoms with Gasteiger partial charge in [-0.05, 0) is 18.8 Å². The largest absolute Gasteiger partial charge is 0.356 e. The van der Waals surface area contributed by atoms with Gasteiger partial charge in [-0.25, -0.2) is 9.97 Å². The molecule has 1 fully saturated rings. The molecule has 2 aromatic rings. The van der Waals surface area contributed by atoms with Gasteiger partial charge in [-0.1, -0.05) is 0 Å². The molecule has 3 rings (SSSR count). The van der Waals surface area contributed by atoms with Crippen LogP contribution in [0.1, 0.15) is 23.2 Å². The van der Waals surface area contributed by atoms with Crippen molar-refractivity contribution in [3.05, 3.63) is 18.1 Å². The predicted molar refractivity (Wildman–Crippen MR) is 89.1 cm³/mol. The zero-order valence-corrected chi connectivity index (χ0v) is 14.2. The Morgan fingerprint density at radius 1 is 1.42 bits per heavy atom. The molecule has 1 aliphatic rings. The third-order valence-electron chi connectivity index (χ3n) is 4.33. The van der Waals surface area contributed by atoms with Gasteiger partial charge in [0.2, 0.25) is 0 Å². The number of aromatic nitrogens is 3. The summed E-state index contributed by atoms with van der Waals surface area (Å²) in [4.78, 5) is 43.7. The number of fused-ring (bicyclic) bond motifs is 1. The number of amides is 1. The van der Waals surface area contributed by atoms with Gasteiger partial charge in [0, 0.05) is 26.3 Å². The van der Waals surface area contributed by atoms with Crippen LogP contribution in [0.2, 0.25) is 0 Å². The van der Waals surface area contributed by atoms with E-state index in [0.29, 0.717) is 48.3 Å². The number of carbonyl (C=O) groups is 1. The second-order valence-electron chi connectivity index (χ2n) is 5.98. The molecule has 1 saturated heterocycles. The average Bonchev–Trinajstić information content (AvgIpc) is 2.97. The third kappa shape index (κ3) is 3.43. The van der Waals surface area contributed by atoms with Crippen LogP contribution in [0.15, 0.2) is 12.5 Å². The number of hydrogen-bond acceptors (Lipinski definition) is 5. The van der Waals surface area contributed by atoms with Crippen molar-refractivity contribution in [3.63, 3.8) is 0 Å². The number of H-pyrrole nitrogens is 1. The van der Waals surface area contributed by atoms with E-state index >= 15 is 0 Å². The molecule has 1 amide bonds. The molecule has 0 aliphatic carbocycles. The molecule has 0 unspecified atom stereocenters. The van der Waals surface area contributed by atoms with Gasteiger partial charge in [0.1, 0.15) is 17.4 Å². The van der Waals surface area contributed by atoms with Gasteiger partial charge < -0.3 is 25.0 Å². The Labute approximate surface area is 138 Å². The fourth-order valence-electron chi connectivity index (χ4n) is 3.14. The molecule has 1 aliphatic heterocycles. The predicted octanol–water partition coefficient (Wildman–Crippen LogP) is 0.712. The molecule has 10 heteroatoms. The van der Waals surface area contributed by atoms with Crippen LogP contribution < -0.4 is 10.2 Å². The van der Waals surface area contributed by atoms with E-state index < -0.39 is 7.60 Å². The average molecular weight is 353 g/mol. The number of anilines is 1. The zero-order valence-electron chi connectivity index (χ0n) is 13.3. The first-order valence-electron chi connectivity index (χ1n) is 7.72. The molecule has 0 atom stereocenters. The molecule has 0 radical (unpaired) electrons. The van der Waals surface area contributed by atoms with Gasteiger partial charge in [0.25, 0.3) is 5.91 Å². The summed E-state index contributed by atoms with van der Waals surface area (Å²) in [6.07, 6.45) is 4.37. The quantitative estimate of drug-likeness (QED) is 0.595. The minimum atomic E-state index is -3.97. The van der Waals surface area contributed by atoms with E-state index in [9.17, 15) is 9.36 Å². The van der Waals surface area contributed by atoms with Crippen LogP contribution in [0.4, 0.5) is 5.82 Å². The van der Waals surface area contributed by atoms with Crippen LogP contribution in [0, 0.1) is 5.92 Å². The highest BCUT2D eigenvalue weighted by atomic mass is 31.2. The van der Waals surface area contributed by atoms with E-state index in [0.717, 1.165) is 0 Å². The highest BCUT2D eigenvalue weighted by Gasteiger charge is 2.27. The summed E-state index contributed by atoms with van der Waals surface area (Å²) in [6, 6.07) is 0. The number of hydrogen-bond donors (Lipinski definition) is 4. The molecule has 2 aromatic heterocycles. The second kappa shape index (κ2) is 6.51. The Kier molecular flexibility index (Phi) is 4.58. The van der Waals surface area contributed by atoms with Gasteiger partial charge >= 0.3 is 7.60 Å². The smallest absolute Gasteiger partial charge is 0.325 e. The van der Waals surface area contributed by atoms with Gasteiger partial charge in [-0.3, -0.25) is 9.36 Å². The summed E-state index contributed by atoms with van der Waals surface area (Å²) in [6.45, 7) is 1.32. The third-order valence-corrected chi connectivity index (χ3v) is 5.32. The lowest BCUT2D eigenvalue weighted by atomic mass is 9.99. The standard InChI is InChI=1S/C14H20N5O4P/c1-15-14(20)10-6-16-12-11(10)17-8-18-13(12)19-4-2-9(3-5-19)7-24(21,22)23/h6,8-9,16H,2-5,7H2,1H3,(H,15,20)(H2,21,22,23). The first-order chi connectivity index (χ1) is 11.4. The van der Waals surface area contributed by atoms with Crippen LogP contribution >= 0.6 is 7.60 Å². The lowest BCUT2D eigenvalue weighted by Crippen LogP contribution is -2.35. The molecule has 9 nitrogen and oxygen atoms in total. The molecule has 0 saturated carbocycles. The van der Waals surface area contributed by atoms with E-state index in [2.05, 4.69) is 25.2 Å². The van der Waals surface area contributed by atoms with E-state index in [4.69, 9.17) is 9.79 Å². The van der Waals surface area contributed by atoms with Crippen molar-refractivity contribution < 1.29 is 19.1 Å². The molecular formula is C14H20N5O4P. The Morgan fingerprint density at radius 2 is 2.12 bits per heavy atom. The number of aromatic amines is 1. The van der Waals surface area contributed by atoms with Crippen molar-refractivity contribution in [2.75, 3.05) is 31.2 Å². The molecule has 0 bridgehead atoms. The Morgan fingerprint density at radius 3 is 2.75 bits per heavy atom. The first-order valence-corrected chi connectivity index (χ1v) is 9.52. The fraction of sp³-hybridized carbons (Fsp3) is 0.500. The van der Waals surface area contributed by atoms with Crippen molar-refractivity contribution >= 4 is 30.4 Å². The summed E-state index contributed by atoms with van der Waals surface area (Å²) in [5.41, 5.74) is 1.73. The number of piperidine rings is 1. The van der Waals surface area contributed by atoms with E-state index in [1.807, 2.05) is 0 Å². The topological polar surface area (TPSA) is 131 Å². The minimum Gasteiger partial charge on any atom is -0.356 e. The number of nitrogens with one attached hydrogen (secondary N) is 2. The molecule has 3 heterocycles. The monoisotopic (exact) mass is 353 g/mol. The number of nitrogens with zero attached hydrogens (tertiary/aromatic N) is 3. The normalized spacial score (nSPS) is 16.5. The molecule has 0 spiro atoms. The van der Waals surface area contributed by atoms with Crippen molar-refractivity contribution in [1.82, 2.24) is 20.3 Å². The summed E-state index contributed by atoms with van der Waals surface area (Å²) in [5.74, 6) is 0.514. The van der Waals surface area contributed by atoms with Crippen LogP contribution in [0.25, 0.3) is 11.0 Å². The highest BCUT2D eigenvalue weighted by Crippen LogP contribution is 2.40. The molecule has 130 valence electrons. The Bertz CT molecular complexity index is 794. The van der Waals surface area contributed by atoms with Gasteiger partial charge in [-0.15, -0.1) is 0 Å². The maximum Gasteiger partial charge on any atom is 0.325 e. The molecule has 4 N–H and O–H groups in total. The van der Waals surface area contributed by atoms with Crippen molar-refractivity contribution in [2.24, 2.45) is 5.92 Å². The maximum atomic E-state index is 11.9. The summed E-state index contributed by atoms with van der Waals surface area (Å²) >= 11 is 0. The van der Waals surface area contributed by atoms with E-state index in [1.54, 1.807) is 13.2 Å². The Balaban J connectivity index is 1.80. The summed E-state index contributed by atoms with van der Waals surface area (Å²) < 4.78 is 11.1. The van der Waals surface area contributed by atoms with Gasteiger partial charge in [0.05, 0.1) is 11.7 Å². The minimum absolute atomic E-state index is 0.0180. The zero-order chi connectivity index (χ0) is 17.3.